The van der Waals surface area contributed by atoms with Gasteiger partial charge in [-0.05, 0) is 17.7 Å². The molecule has 9 nitrogen and oxygen atoms in total. The molecular weight excluding hydrogens is 324 g/mol. The minimum atomic E-state index is -0.463. The summed E-state index contributed by atoms with van der Waals surface area (Å²) in [6, 6.07) is 7.12. The molecule has 0 radical (unpaired) electrons. The van der Waals surface area contributed by atoms with Crippen LogP contribution in [0.2, 0.25) is 0 Å². The van der Waals surface area contributed by atoms with Gasteiger partial charge in [-0.25, -0.2) is 0 Å². The molecule has 0 bridgehead atoms. The Balaban J connectivity index is 1.79. The third-order valence-electron chi connectivity index (χ3n) is 3.56. The van der Waals surface area contributed by atoms with Gasteiger partial charge in [0.2, 0.25) is 11.6 Å². The molecule has 0 atom stereocenters. The van der Waals surface area contributed by atoms with Gasteiger partial charge in [-0.2, -0.15) is 10.3 Å². The Morgan fingerprint density at radius 1 is 1.24 bits per heavy atom. The SMILES string of the molecule is CC(=O)c1ccc(Cc2cn[nH]c2C(=O)C=C(O)c2nn[nH]n2)cc1. The molecule has 0 aliphatic carbocycles. The molecule has 0 fully saturated rings. The van der Waals surface area contributed by atoms with Gasteiger partial charge in [0.25, 0.3) is 0 Å². The summed E-state index contributed by atoms with van der Waals surface area (Å²) in [5.41, 5.74) is 2.47. The van der Waals surface area contributed by atoms with E-state index in [1.54, 1.807) is 18.3 Å². The molecule has 0 unspecified atom stereocenters. The average molecular weight is 338 g/mol. The number of H-pyrrole nitrogens is 2. The minimum Gasteiger partial charge on any atom is -0.504 e. The fourth-order valence-corrected chi connectivity index (χ4v) is 2.27. The van der Waals surface area contributed by atoms with Gasteiger partial charge in [0.05, 0.1) is 6.20 Å². The van der Waals surface area contributed by atoms with E-state index in [-0.39, 0.29) is 17.3 Å². The number of carbonyl (C=O) groups excluding carboxylic acids is 2. The first kappa shape index (κ1) is 16.2. The van der Waals surface area contributed by atoms with E-state index in [1.807, 2.05) is 12.1 Å². The number of aromatic nitrogens is 6. The number of allylic oxidation sites excluding steroid dienone is 1. The number of tetrazole rings is 1. The fraction of sp³-hybridized carbons (Fsp3) is 0.125. The predicted molar refractivity (Wildman–Crippen MR) is 87.0 cm³/mol. The monoisotopic (exact) mass is 338 g/mol. The van der Waals surface area contributed by atoms with E-state index in [9.17, 15) is 14.7 Å². The van der Waals surface area contributed by atoms with Crippen LogP contribution >= 0.6 is 0 Å². The maximum absolute atomic E-state index is 12.3. The first-order valence-corrected chi connectivity index (χ1v) is 7.35. The summed E-state index contributed by atoms with van der Waals surface area (Å²) in [6.45, 7) is 1.50. The standard InChI is InChI=1S/C16H14N6O3/c1-9(23)11-4-2-10(3-5-11)6-12-8-17-18-15(12)13(24)7-14(25)16-19-21-22-20-16/h2-5,7-8,25H,6H2,1H3,(H,17,18)(H,19,20,21,22). The van der Waals surface area contributed by atoms with Crippen molar-refractivity contribution in [1.82, 2.24) is 30.8 Å². The van der Waals surface area contributed by atoms with Crippen LogP contribution < -0.4 is 0 Å². The lowest BCUT2D eigenvalue weighted by atomic mass is 10.0. The summed E-state index contributed by atoms with van der Waals surface area (Å²) < 4.78 is 0. The minimum absolute atomic E-state index is 0.00666. The normalized spacial score (nSPS) is 11.5. The summed E-state index contributed by atoms with van der Waals surface area (Å²) in [6.07, 6.45) is 3.00. The number of rotatable bonds is 6. The van der Waals surface area contributed by atoms with Crippen LogP contribution in [0.4, 0.5) is 0 Å². The number of carbonyl (C=O) groups is 2. The van der Waals surface area contributed by atoms with E-state index in [0.717, 1.165) is 11.6 Å². The second-order valence-corrected chi connectivity index (χ2v) is 5.33. The zero-order valence-corrected chi connectivity index (χ0v) is 13.2. The van der Waals surface area contributed by atoms with Crippen LogP contribution in [0.15, 0.2) is 36.5 Å². The highest BCUT2D eigenvalue weighted by molar-refractivity contribution is 6.07. The number of aliphatic hydroxyl groups excluding tert-OH is 1. The molecule has 2 aromatic heterocycles. The fourth-order valence-electron chi connectivity index (χ4n) is 2.27. The van der Waals surface area contributed by atoms with Crippen molar-refractivity contribution < 1.29 is 14.7 Å². The van der Waals surface area contributed by atoms with Crippen molar-refractivity contribution in [2.24, 2.45) is 0 Å². The quantitative estimate of drug-likeness (QED) is 0.352. The third kappa shape index (κ3) is 3.66. The molecule has 0 spiro atoms. The summed E-state index contributed by atoms with van der Waals surface area (Å²) in [7, 11) is 0. The lowest BCUT2D eigenvalue weighted by Crippen LogP contribution is -2.03. The van der Waals surface area contributed by atoms with Crippen molar-refractivity contribution in [3.63, 3.8) is 0 Å². The average Bonchev–Trinajstić information content (AvgIpc) is 3.27. The van der Waals surface area contributed by atoms with E-state index < -0.39 is 11.5 Å². The summed E-state index contributed by atoms with van der Waals surface area (Å²) in [5.74, 6) is -0.942. The largest absolute Gasteiger partial charge is 0.504 e. The van der Waals surface area contributed by atoms with E-state index >= 15 is 0 Å². The first-order chi connectivity index (χ1) is 12.0. The van der Waals surface area contributed by atoms with E-state index in [0.29, 0.717) is 17.5 Å². The second-order valence-electron chi connectivity index (χ2n) is 5.33. The van der Waals surface area contributed by atoms with Gasteiger partial charge in [-0.3, -0.25) is 14.7 Å². The van der Waals surface area contributed by atoms with E-state index in [1.165, 1.54) is 6.92 Å². The second kappa shape index (κ2) is 6.87. The summed E-state index contributed by atoms with van der Waals surface area (Å²) in [4.78, 5) is 23.6. The number of ketones is 2. The summed E-state index contributed by atoms with van der Waals surface area (Å²) >= 11 is 0. The van der Waals surface area contributed by atoms with Gasteiger partial charge in [0, 0.05) is 23.6 Å². The highest BCUT2D eigenvalue weighted by Gasteiger charge is 2.15. The molecule has 0 aliphatic heterocycles. The lowest BCUT2D eigenvalue weighted by molar-refractivity contribution is 0.101. The molecule has 1 aromatic carbocycles. The summed E-state index contributed by atoms with van der Waals surface area (Å²) in [5, 5.41) is 29.0. The van der Waals surface area contributed by atoms with Crippen molar-refractivity contribution in [2.45, 2.75) is 13.3 Å². The van der Waals surface area contributed by atoms with Crippen LogP contribution in [0, 0.1) is 0 Å². The highest BCUT2D eigenvalue weighted by Crippen LogP contribution is 2.15. The van der Waals surface area contributed by atoms with Crippen LogP contribution in [-0.4, -0.2) is 47.5 Å². The van der Waals surface area contributed by atoms with E-state index in [2.05, 4.69) is 30.8 Å². The highest BCUT2D eigenvalue weighted by atomic mass is 16.3. The van der Waals surface area contributed by atoms with Crippen LogP contribution in [0.1, 0.15) is 44.7 Å². The number of nitrogens with one attached hydrogen (secondary N) is 2. The smallest absolute Gasteiger partial charge is 0.239 e. The number of benzene rings is 1. The Morgan fingerprint density at radius 3 is 2.64 bits per heavy atom. The van der Waals surface area contributed by atoms with Gasteiger partial charge in [-0.1, -0.05) is 24.3 Å². The van der Waals surface area contributed by atoms with Crippen molar-refractivity contribution in [3.05, 3.63) is 64.7 Å². The molecule has 0 saturated heterocycles. The third-order valence-corrected chi connectivity index (χ3v) is 3.56. The molecule has 0 aliphatic rings. The van der Waals surface area contributed by atoms with Crippen molar-refractivity contribution in [2.75, 3.05) is 0 Å². The topological polar surface area (TPSA) is 138 Å². The Hall–Kier alpha value is -3.62. The molecule has 25 heavy (non-hydrogen) atoms. The molecule has 9 heteroatoms. The molecule has 2 heterocycles. The van der Waals surface area contributed by atoms with E-state index in [4.69, 9.17) is 0 Å². The maximum atomic E-state index is 12.3. The van der Waals surface area contributed by atoms with Gasteiger partial charge < -0.3 is 5.11 Å². The Bertz CT molecular complexity index is 925. The first-order valence-electron chi connectivity index (χ1n) is 7.35. The molecular formula is C16H14N6O3. The number of nitrogens with zero attached hydrogens (tertiary/aromatic N) is 4. The van der Waals surface area contributed by atoms with Crippen LogP contribution in [0.3, 0.4) is 0 Å². The van der Waals surface area contributed by atoms with Crippen LogP contribution in [0.5, 0.6) is 0 Å². The zero-order chi connectivity index (χ0) is 17.8. The number of hydrogen-bond acceptors (Lipinski definition) is 7. The Labute approximate surface area is 141 Å². The molecule has 3 aromatic rings. The van der Waals surface area contributed by atoms with Crippen molar-refractivity contribution in [3.8, 4) is 0 Å². The maximum Gasteiger partial charge on any atom is 0.239 e. The van der Waals surface area contributed by atoms with Crippen molar-refractivity contribution >= 4 is 17.3 Å². The molecule has 3 N–H and O–H groups in total. The Morgan fingerprint density at radius 2 is 2.00 bits per heavy atom. The van der Waals surface area contributed by atoms with Gasteiger partial charge >= 0.3 is 0 Å². The van der Waals surface area contributed by atoms with Gasteiger partial charge in [0.1, 0.15) is 5.69 Å². The number of aromatic amines is 2. The number of hydrogen-bond donors (Lipinski definition) is 3. The number of aliphatic hydroxyl groups is 1. The molecule has 0 amide bonds. The zero-order valence-electron chi connectivity index (χ0n) is 13.2. The molecule has 0 saturated carbocycles. The lowest BCUT2D eigenvalue weighted by Gasteiger charge is -2.03. The van der Waals surface area contributed by atoms with Crippen molar-refractivity contribution in [1.29, 1.82) is 0 Å². The molecule has 126 valence electrons. The molecule has 3 rings (SSSR count). The predicted octanol–water partition coefficient (Wildman–Crippen LogP) is 1.50. The number of Topliss-reactive ketones (excluding diaryl/α,β-unsaturated/α-hetero) is 1. The Kier molecular flexibility index (Phi) is 4.46. The van der Waals surface area contributed by atoms with Gasteiger partial charge in [0.15, 0.2) is 11.5 Å². The van der Waals surface area contributed by atoms with Gasteiger partial charge in [-0.15, -0.1) is 10.2 Å². The van der Waals surface area contributed by atoms with Crippen LogP contribution in [0.25, 0.3) is 5.76 Å². The van der Waals surface area contributed by atoms with Crippen LogP contribution in [-0.2, 0) is 6.42 Å².